The fourth-order valence-electron chi connectivity index (χ4n) is 1.29. The van der Waals surface area contributed by atoms with Gasteiger partial charge in [-0.1, -0.05) is 19.1 Å². The monoisotopic (exact) mass is 244 g/mol. The SMILES string of the molecule is CCS(=O)(=O)[C@@H](C)C(=O)c1cccc(F)c1. The van der Waals surface area contributed by atoms with E-state index in [0.29, 0.717) is 0 Å². The van der Waals surface area contributed by atoms with Gasteiger partial charge in [-0.05, 0) is 19.1 Å². The average molecular weight is 244 g/mol. The van der Waals surface area contributed by atoms with Crippen molar-refractivity contribution in [3.63, 3.8) is 0 Å². The van der Waals surface area contributed by atoms with Crippen molar-refractivity contribution in [2.45, 2.75) is 19.1 Å². The number of carbonyl (C=O) groups excluding carboxylic acids is 1. The molecule has 1 rings (SSSR count). The summed E-state index contributed by atoms with van der Waals surface area (Å²) in [6.45, 7) is 2.80. The number of sulfone groups is 1. The number of Topliss-reactive ketones (excluding diaryl/α,β-unsaturated/α-hetero) is 1. The highest BCUT2D eigenvalue weighted by molar-refractivity contribution is 7.92. The standard InChI is InChI=1S/C11H13FO3S/c1-3-16(14,15)8(2)11(13)9-5-4-6-10(12)7-9/h4-8H,3H2,1-2H3/t8-/m0/s1. The second-order valence-corrected chi connectivity index (χ2v) is 6.08. The first-order valence-corrected chi connectivity index (χ1v) is 6.61. The Labute approximate surface area is 94.2 Å². The van der Waals surface area contributed by atoms with Crippen molar-refractivity contribution in [3.05, 3.63) is 35.6 Å². The number of benzene rings is 1. The molecule has 0 aliphatic rings. The summed E-state index contributed by atoms with van der Waals surface area (Å²) in [7, 11) is -3.43. The molecule has 0 radical (unpaired) electrons. The lowest BCUT2D eigenvalue weighted by molar-refractivity contribution is 0.0991. The Bertz CT molecular complexity index is 494. The second kappa shape index (κ2) is 4.74. The summed E-state index contributed by atoms with van der Waals surface area (Å²) in [4.78, 5) is 11.8. The number of halogens is 1. The maximum absolute atomic E-state index is 12.9. The zero-order chi connectivity index (χ0) is 12.3. The van der Waals surface area contributed by atoms with Crippen molar-refractivity contribution in [1.29, 1.82) is 0 Å². The fraction of sp³-hybridized carbons (Fsp3) is 0.364. The van der Waals surface area contributed by atoms with Crippen LogP contribution in [0.2, 0.25) is 0 Å². The number of hydrogen-bond donors (Lipinski definition) is 0. The van der Waals surface area contributed by atoms with Gasteiger partial charge in [0, 0.05) is 11.3 Å². The van der Waals surface area contributed by atoms with E-state index in [2.05, 4.69) is 0 Å². The zero-order valence-corrected chi connectivity index (χ0v) is 9.92. The van der Waals surface area contributed by atoms with Crippen LogP contribution in [0.5, 0.6) is 0 Å². The molecule has 88 valence electrons. The summed E-state index contributed by atoms with van der Waals surface area (Å²) in [5.41, 5.74) is 0.0875. The molecule has 0 heterocycles. The molecular weight excluding hydrogens is 231 g/mol. The Balaban J connectivity index is 3.04. The molecule has 1 aromatic rings. The first-order chi connectivity index (χ1) is 7.38. The van der Waals surface area contributed by atoms with E-state index in [1.54, 1.807) is 0 Å². The van der Waals surface area contributed by atoms with Gasteiger partial charge >= 0.3 is 0 Å². The van der Waals surface area contributed by atoms with Crippen LogP contribution in [0.4, 0.5) is 4.39 Å². The third kappa shape index (κ3) is 2.66. The van der Waals surface area contributed by atoms with Crippen molar-refractivity contribution in [2.75, 3.05) is 5.75 Å². The van der Waals surface area contributed by atoms with Gasteiger partial charge < -0.3 is 0 Å². The third-order valence-electron chi connectivity index (χ3n) is 2.42. The molecule has 1 atom stereocenters. The first-order valence-electron chi connectivity index (χ1n) is 4.90. The molecule has 0 saturated heterocycles. The van der Waals surface area contributed by atoms with Gasteiger partial charge in [-0.2, -0.15) is 0 Å². The number of hydrogen-bond acceptors (Lipinski definition) is 3. The van der Waals surface area contributed by atoms with Gasteiger partial charge in [-0.15, -0.1) is 0 Å². The lowest BCUT2D eigenvalue weighted by Crippen LogP contribution is -2.28. The van der Waals surface area contributed by atoms with E-state index in [0.717, 1.165) is 6.07 Å². The van der Waals surface area contributed by atoms with E-state index in [1.165, 1.54) is 32.0 Å². The Morgan fingerprint density at radius 1 is 1.44 bits per heavy atom. The van der Waals surface area contributed by atoms with Crippen LogP contribution in [0.3, 0.4) is 0 Å². The van der Waals surface area contributed by atoms with Crippen LogP contribution in [0.1, 0.15) is 24.2 Å². The van der Waals surface area contributed by atoms with Crippen molar-refractivity contribution >= 4 is 15.6 Å². The van der Waals surface area contributed by atoms with Crippen LogP contribution in [0.25, 0.3) is 0 Å². The van der Waals surface area contributed by atoms with E-state index in [-0.39, 0.29) is 11.3 Å². The molecule has 0 N–H and O–H groups in total. The summed E-state index contributed by atoms with van der Waals surface area (Å²) in [6, 6.07) is 5.04. The predicted octanol–water partition coefficient (Wildman–Crippen LogP) is 1.83. The molecule has 0 amide bonds. The highest BCUT2D eigenvalue weighted by atomic mass is 32.2. The van der Waals surface area contributed by atoms with Crippen LogP contribution in [0, 0.1) is 5.82 Å². The summed E-state index contributed by atoms with van der Waals surface area (Å²) in [5, 5.41) is -1.13. The molecule has 5 heteroatoms. The number of rotatable bonds is 4. The molecule has 0 spiro atoms. The molecular formula is C11H13FO3S. The fourth-order valence-corrected chi connectivity index (χ4v) is 2.25. The van der Waals surface area contributed by atoms with Crippen molar-refractivity contribution in [2.24, 2.45) is 0 Å². The van der Waals surface area contributed by atoms with E-state index in [1.807, 2.05) is 0 Å². The van der Waals surface area contributed by atoms with Crippen LogP contribution < -0.4 is 0 Å². The number of ketones is 1. The van der Waals surface area contributed by atoms with E-state index >= 15 is 0 Å². The molecule has 0 fully saturated rings. The Hall–Kier alpha value is -1.23. The Morgan fingerprint density at radius 3 is 2.56 bits per heavy atom. The molecule has 1 aromatic carbocycles. The Morgan fingerprint density at radius 2 is 2.06 bits per heavy atom. The minimum absolute atomic E-state index is 0.0875. The van der Waals surface area contributed by atoms with Crippen molar-refractivity contribution < 1.29 is 17.6 Å². The minimum atomic E-state index is -3.43. The summed E-state index contributed by atoms with van der Waals surface area (Å²) >= 11 is 0. The lowest BCUT2D eigenvalue weighted by atomic mass is 10.1. The molecule has 0 unspecified atom stereocenters. The number of carbonyl (C=O) groups is 1. The molecule has 0 aliphatic heterocycles. The second-order valence-electron chi connectivity index (χ2n) is 3.47. The zero-order valence-electron chi connectivity index (χ0n) is 9.10. The van der Waals surface area contributed by atoms with Gasteiger partial charge in [-0.3, -0.25) is 4.79 Å². The van der Waals surface area contributed by atoms with Gasteiger partial charge in [0.1, 0.15) is 11.1 Å². The predicted molar refractivity (Wildman–Crippen MR) is 59.7 cm³/mol. The van der Waals surface area contributed by atoms with E-state index in [4.69, 9.17) is 0 Å². The molecule has 3 nitrogen and oxygen atoms in total. The summed E-state index contributed by atoms with van der Waals surface area (Å²) in [6.07, 6.45) is 0. The minimum Gasteiger partial charge on any atom is -0.293 e. The third-order valence-corrected chi connectivity index (χ3v) is 4.52. The first kappa shape index (κ1) is 12.8. The van der Waals surface area contributed by atoms with Gasteiger partial charge in [0.2, 0.25) is 0 Å². The van der Waals surface area contributed by atoms with Gasteiger partial charge in [0.05, 0.1) is 0 Å². The Kier molecular flexibility index (Phi) is 3.80. The molecule has 16 heavy (non-hydrogen) atoms. The highest BCUT2D eigenvalue weighted by Crippen LogP contribution is 2.12. The lowest BCUT2D eigenvalue weighted by Gasteiger charge is -2.10. The van der Waals surface area contributed by atoms with Crippen LogP contribution >= 0.6 is 0 Å². The molecule has 0 aromatic heterocycles. The topological polar surface area (TPSA) is 51.2 Å². The maximum Gasteiger partial charge on any atom is 0.180 e. The maximum atomic E-state index is 12.9. The van der Waals surface area contributed by atoms with Gasteiger partial charge in [0.25, 0.3) is 0 Å². The van der Waals surface area contributed by atoms with Gasteiger partial charge in [0.15, 0.2) is 15.6 Å². The van der Waals surface area contributed by atoms with Crippen LogP contribution in [0.15, 0.2) is 24.3 Å². The average Bonchev–Trinajstić information content (AvgIpc) is 2.27. The summed E-state index contributed by atoms with van der Waals surface area (Å²) in [5.74, 6) is -1.22. The smallest absolute Gasteiger partial charge is 0.180 e. The van der Waals surface area contributed by atoms with Gasteiger partial charge in [-0.25, -0.2) is 12.8 Å². The quantitative estimate of drug-likeness (QED) is 0.759. The van der Waals surface area contributed by atoms with Crippen molar-refractivity contribution in [3.8, 4) is 0 Å². The van der Waals surface area contributed by atoms with Crippen LogP contribution in [-0.4, -0.2) is 25.2 Å². The normalized spacial score (nSPS) is 13.4. The molecule has 0 aliphatic carbocycles. The van der Waals surface area contributed by atoms with E-state index < -0.39 is 26.7 Å². The van der Waals surface area contributed by atoms with Crippen LogP contribution in [-0.2, 0) is 9.84 Å². The highest BCUT2D eigenvalue weighted by Gasteiger charge is 2.27. The molecule has 0 bridgehead atoms. The van der Waals surface area contributed by atoms with E-state index in [9.17, 15) is 17.6 Å². The largest absolute Gasteiger partial charge is 0.293 e. The summed E-state index contributed by atoms with van der Waals surface area (Å²) < 4.78 is 35.8. The molecule has 0 saturated carbocycles. The van der Waals surface area contributed by atoms with Crippen molar-refractivity contribution in [1.82, 2.24) is 0 Å².